The van der Waals surface area contributed by atoms with Crippen molar-refractivity contribution in [3.63, 3.8) is 0 Å². The molecule has 2 rings (SSSR count). The zero-order valence-electron chi connectivity index (χ0n) is 13.4. The lowest BCUT2D eigenvalue weighted by atomic mass is 9.86. The highest BCUT2D eigenvalue weighted by Gasteiger charge is 2.21. The predicted molar refractivity (Wildman–Crippen MR) is 86.7 cm³/mol. The molecule has 0 radical (unpaired) electrons. The molecule has 20 heavy (non-hydrogen) atoms. The Morgan fingerprint density at radius 1 is 1.05 bits per heavy atom. The van der Waals surface area contributed by atoms with Crippen molar-refractivity contribution in [3.05, 3.63) is 35.4 Å². The van der Waals surface area contributed by atoms with Crippen LogP contribution in [0.5, 0.6) is 0 Å². The summed E-state index contributed by atoms with van der Waals surface area (Å²) < 4.78 is 0. The van der Waals surface area contributed by atoms with Crippen molar-refractivity contribution in [2.24, 2.45) is 5.92 Å². The van der Waals surface area contributed by atoms with Gasteiger partial charge in [-0.3, -0.25) is 4.90 Å². The fraction of sp³-hybridized carbons (Fsp3) is 0.667. The molecule has 0 unspecified atom stereocenters. The number of benzene rings is 1. The van der Waals surface area contributed by atoms with E-state index in [9.17, 15) is 0 Å². The van der Waals surface area contributed by atoms with Gasteiger partial charge >= 0.3 is 0 Å². The Morgan fingerprint density at radius 2 is 1.65 bits per heavy atom. The van der Waals surface area contributed by atoms with E-state index in [2.05, 4.69) is 55.4 Å². The van der Waals surface area contributed by atoms with Crippen LogP contribution in [0.1, 0.15) is 50.7 Å². The quantitative estimate of drug-likeness (QED) is 0.848. The second-order valence-electron chi connectivity index (χ2n) is 6.43. The van der Waals surface area contributed by atoms with Crippen LogP contribution < -0.4 is 5.32 Å². The Hall–Kier alpha value is -0.860. The van der Waals surface area contributed by atoms with Gasteiger partial charge in [-0.2, -0.15) is 0 Å². The Bertz CT molecular complexity index is 377. The van der Waals surface area contributed by atoms with Crippen molar-refractivity contribution in [3.8, 4) is 0 Å². The Kier molecular flexibility index (Phi) is 6.06. The van der Waals surface area contributed by atoms with Gasteiger partial charge in [0.1, 0.15) is 0 Å². The minimum atomic E-state index is 0.785. The van der Waals surface area contributed by atoms with Crippen LogP contribution in [0.3, 0.4) is 0 Å². The van der Waals surface area contributed by atoms with Crippen LogP contribution in [0.25, 0.3) is 0 Å². The van der Waals surface area contributed by atoms with E-state index in [1.165, 1.54) is 36.8 Å². The average molecular weight is 274 g/mol. The lowest BCUT2D eigenvalue weighted by Crippen LogP contribution is -2.34. The van der Waals surface area contributed by atoms with E-state index in [-0.39, 0.29) is 0 Å². The molecular formula is C18H30N2. The summed E-state index contributed by atoms with van der Waals surface area (Å²) in [5.41, 5.74) is 2.82. The van der Waals surface area contributed by atoms with Crippen LogP contribution >= 0.6 is 0 Å². The molecule has 0 heterocycles. The first-order chi connectivity index (χ1) is 9.69. The van der Waals surface area contributed by atoms with E-state index in [4.69, 9.17) is 0 Å². The lowest BCUT2D eigenvalue weighted by molar-refractivity contribution is 0.164. The summed E-state index contributed by atoms with van der Waals surface area (Å²) in [6.07, 6.45) is 5.54. The summed E-state index contributed by atoms with van der Waals surface area (Å²) in [4.78, 5) is 2.55. The molecule has 1 saturated carbocycles. The SMILES string of the molecule is CCNCc1ccc(CN(C)C2CCC(C)CC2)cc1. The molecule has 112 valence electrons. The Labute approximate surface area is 124 Å². The van der Waals surface area contributed by atoms with Gasteiger partial charge < -0.3 is 5.32 Å². The molecule has 0 amide bonds. The maximum atomic E-state index is 3.37. The fourth-order valence-electron chi connectivity index (χ4n) is 3.13. The lowest BCUT2D eigenvalue weighted by Gasteiger charge is -2.33. The van der Waals surface area contributed by atoms with E-state index in [1.54, 1.807) is 0 Å². The number of rotatable bonds is 6. The zero-order valence-corrected chi connectivity index (χ0v) is 13.4. The zero-order chi connectivity index (χ0) is 14.4. The minimum Gasteiger partial charge on any atom is -0.313 e. The van der Waals surface area contributed by atoms with Gasteiger partial charge in [-0.25, -0.2) is 0 Å². The first-order valence-corrected chi connectivity index (χ1v) is 8.17. The monoisotopic (exact) mass is 274 g/mol. The van der Waals surface area contributed by atoms with Crippen LogP contribution in [0, 0.1) is 5.92 Å². The largest absolute Gasteiger partial charge is 0.313 e. The molecule has 1 fully saturated rings. The van der Waals surface area contributed by atoms with Crippen LogP contribution in [0.2, 0.25) is 0 Å². The topological polar surface area (TPSA) is 15.3 Å². The molecule has 0 aromatic heterocycles. The molecule has 1 aliphatic rings. The summed E-state index contributed by atoms with van der Waals surface area (Å²) in [6.45, 7) is 7.63. The maximum absolute atomic E-state index is 3.37. The van der Waals surface area contributed by atoms with Gasteiger partial charge in [0.25, 0.3) is 0 Å². The van der Waals surface area contributed by atoms with E-state index in [0.29, 0.717) is 0 Å². The summed E-state index contributed by atoms with van der Waals surface area (Å²) >= 11 is 0. The molecule has 1 aromatic carbocycles. The van der Waals surface area contributed by atoms with Crippen LogP contribution in [0.4, 0.5) is 0 Å². The van der Waals surface area contributed by atoms with Crippen LogP contribution in [-0.2, 0) is 13.1 Å². The maximum Gasteiger partial charge on any atom is 0.0233 e. The number of hydrogen-bond acceptors (Lipinski definition) is 2. The summed E-state index contributed by atoms with van der Waals surface area (Å²) in [5, 5.41) is 3.37. The summed E-state index contributed by atoms with van der Waals surface area (Å²) in [7, 11) is 2.28. The van der Waals surface area contributed by atoms with E-state index >= 15 is 0 Å². The summed E-state index contributed by atoms with van der Waals surface area (Å²) in [5.74, 6) is 0.935. The van der Waals surface area contributed by atoms with Crippen molar-refractivity contribution in [1.29, 1.82) is 0 Å². The van der Waals surface area contributed by atoms with Gasteiger partial charge in [-0.05, 0) is 56.3 Å². The smallest absolute Gasteiger partial charge is 0.0233 e. The molecule has 0 bridgehead atoms. The van der Waals surface area contributed by atoms with Gasteiger partial charge in [0.05, 0.1) is 0 Å². The molecule has 1 aliphatic carbocycles. The molecule has 0 saturated heterocycles. The highest BCUT2D eigenvalue weighted by atomic mass is 15.1. The van der Waals surface area contributed by atoms with Crippen molar-refractivity contribution < 1.29 is 0 Å². The molecule has 0 atom stereocenters. The third-order valence-electron chi connectivity index (χ3n) is 4.64. The third-order valence-corrected chi connectivity index (χ3v) is 4.64. The normalized spacial score (nSPS) is 23.2. The Balaban J connectivity index is 1.83. The Morgan fingerprint density at radius 3 is 2.25 bits per heavy atom. The first kappa shape index (κ1) is 15.5. The van der Waals surface area contributed by atoms with Crippen LogP contribution in [-0.4, -0.2) is 24.5 Å². The van der Waals surface area contributed by atoms with Crippen molar-refractivity contribution in [2.45, 2.75) is 58.7 Å². The average Bonchev–Trinajstić information content (AvgIpc) is 2.47. The molecule has 2 heteroatoms. The summed E-state index contributed by atoms with van der Waals surface area (Å²) in [6, 6.07) is 9.87. The van der Waals surface area contributed by atoms with Crippen molar-refractivity contribution in [2.75, 3.05) is 13.6 Å². The second-order valence-corrected chi connectivity index (χ2v) is 6.43. The van der Waals surface area contributed by atoms with Crippen molar-refractivity contribution >= 4 is 0 Å². The number of nitrogens with one attached hydrogen (secondary N) is 1. The minimum absolute atomic E-state index is 0.785. The number of hydrogen-bond donors (Lipinski definition) is 1. The fourth-order valence-corrected chi connectivity index (χ4v) is 3.13. The second kappa shape index (κ2) is 7.80. The van der Waals surface area contributed by atoms with E-state index < -0.39 is 0 Å². The standard InChI is InChI=1S/C18H30N2/c1-4-19-13-16-7-9-17(10-8-16)14-20(3)18-11-5-15(2)6-12-18/h7-10,15,18-19H,4-6,11-14H2,1-3H3. The number of nitrogens with zero attached hydrogens (tertiary/aromatic N) is 1. The molecule has 0 aliphatic heterocycles. The van der Waals surface area contributed by atoms with Gasteiger partial charge in [0.2, 0.25) is 0 Å². The van der Waals surface area contributed by atoms with Gasteiger partial charge in [-0.1, -0.05) is 38.1 Å². The molecular weight excluding hydrogens is 244 g/mol. The van der Waals surface area contributed by atoms with Crippen LogP contribution in [0.15, 0.2) is 24.3 Å². The van der Waals surface area contributed by atoms with Gasteiger partial charge in [0, 0.05) is 19.1 Å². The predicted octanol–water partition coefficient (Wildman–Crippen LogP) is 3.81. The molecule has 1 N–H and O–H groups in total. The molecule has 1 aromatic rings. The van der Waals surface area contributed by atoms with E-state index in [1.807, 2.05) is 0 Å². The highest BCUT2D eigenvalue weighted by molar-refractivity contribution is 5.22. The molecule has 2 nitrogen and oxygen atoms in total. The first-order valence-electron chi connectivity index (χ1n) is 8.17. The van der Waals surface area contributed by atoms with Gasteiger partial charge in [0.15, 0.2) is 0 Å². The van der Waals surface area contributed by atoms with Crippen molar-refractivity contribution in [1.82, 2.24) is 10.2 Å². The molecule has 0 spiro atoms. The van der Waals surface area contributed by atoms with Gasteiger partial charge in [-0.15, -0.1) is 0 Å². The third kappa shape index (κ3) is 4.60. The highest BCUT2D eigenvalue weighted by Crippen LogP contribution is 2.27. The van der Waals surface area contributed by atoms with E-state index in [0.717, 1.165) is 31.6 Å².